The monoisotopic (exact) mass is 243 g/mol. The van der Waals surface area contributed by atoms with Crippen LogP contribution in [0.25, 0.3) is 0 Å². The number of sulfone groups is 1. The van der Waals surface area contributed by atoms with Crippen molar-refractivity contribution in [2.45, 2.75) is 23.0 Å². The van der Waals surface area contributed by atoms with Crippen molar-refractivity contribution in [2.75, 3.05) is 0 Å². The highest BCUT2D eigenvalue weighted by Gasteiger charge is 2.39. The van der Waals surface area contributed by atoms with Crippen molar-refractivity contribution in [3.8, 4) is 0 Å². The Morgan fingerprint density at radius 3 is 2.50 bits per heavy atom. The van der Waals surface area contributed by atoms with Crippen LogP contribution in [0.4, 0.5) is 4.39 Å². The van der Waals surface area contributed by atoms with Crippen LogP contribution in [0.15, 0.2) is 23.1 Å². The molecule has 0 aliphatic heterocycles. The normalized spacial score (nSPS) is 16.1. The molecule has 2 N–H and O–H groups in total. The quantitative estimate of drug-likeness (QED) is 0.855. The molecule has 1 fully saturated rings. The average molecular weight is 243 g/mol. The van der Waals surface area contributed by atoms with Crippen LogP contribution in [0.5, 0.6) is 0 Å². The van der Waals surface area contributed by atoms with E-state index in [9.17, 15) is 17.6 Å². The second kappa shape index (κ2) is 3.55. The van der Waals surface area contributed by atoms with Crippen molar-refractivity contribution in [3.05, 3.63) is 29.6 Å². The Bertz CT molecular complexity index is 549. The standard InChI is InChI=1S/C10H10FNO3S/c11-9-7(10(12)13)2-1-3-8(9)16(14,15)6-4-5-6/h1-3,6H,4-5H2,(H2,12,13). The van der Waals surface area contributed by atoms with E-state index in [1.807, 2.05) is 0 Å². The van der Waals surface area contributed by atoms with E-state index in [0.29, 0.717) is 12.8 Å². The van der Waals surface area contributed by atoms with Gasteiger partial charge >= 0.3 is 0 Å². The van der Waals surface area contributed by atoms with Crippen LogP contribution >= 0.6 is 0 Å². The van der Waals surface area contributed by atoms with Crippen LogP contribution in [0.1, 0.15) is 23.2 Å². The number of amides is 1. The molecule has 1 aromatic carbocycles. The van der Waals surface area contributed by atoms with Gasteiger partial charge in [0.2, 0.25) is 0 Å². The first-order valence-corrected chi connectivity index (χ1v) is 6.31. The van der Waals surface area contributed by atoms with Crippen LogP contribution in [0.2, 0.25) is 0 Å². The maximum Gasteiger partial charge on any atom is 0.251 e. The van der Waals surface area contributed by atoms with E-state index >= 15 is 0 Å². The highest BCUT2D eigenvalue weighted by atomic mass is 32.2. The van der Waals surface area contributed by atoms with E-state index in [0.717, 1.165) is 6.07 Å². The minimum Gasteiger partial charge on any atom is -0.366 e. The molecule has 0 unspecified atom stereocenters. The molecule has 1 aromatic rings. The van der Waals surface area contributed by atoms with Crippen molar-refractivity contribution in [1.29, 1.82) is 0 Å². The van der Waals surface area contributed by atoms with Gasteiger partial charge in [-0.25, -0.2) is 12.8 Å². The van der Waals surface area contributed by atoms with Gasteiger partial charge < -0.3 is 5.73 Å². The van der Waals surface area contributed by atoms with Crippen molar-refractivity contribution >= 4 is 15.7 Å². The first kappa shape index (κ1) is 11.1. The van der Waals surface area contributed by atoms with Crippen molar-refractivity contribution in [2.24, 2.45) is 5.73 Å². The Balaban J connectivity index is 2.58. The molecule has 86 valence electrons. The second-order valence-corrected chi connectivity index (χ2v) is 5.92. The van der Waals surface area contributed by atoms with Crippen molar-refractivity contribution in [1.82, 2.24) is 0 Å². The predicted octanol–water partition coefficient (Wildman–Crippen LogP) is 0.861. The summed E-state index contributed by atoms with van der Waals surface area (Å²) in [6, 6.07) is 3.65. The zero-order valence-corrected chi connectivity index (χ0v) is 9.13. The Morgan fingerprint density at radius 1 is 1.38 bits per heavy atom. The van der Waals surface area contributed by atoms with Gasteiger partial charge in [-0.3, -0.25) is 4.79 Å². The van der Waals surface area contributed by atoms with E-state index in [4.69, 9.17) is 5.73 Å². The number of hydrogen-bond donors (Lipinski definition) is 1. The molecule has 0 spiro atoms. The Morgan fingerprint density at radius 2 is 2.00 bits per heavy atom. The summed E-state index contributed by atoms with van der Waals surface area (Å²) in [5, 5.41) is -0.509. The molecule has 1 aliphatic rings. The number of halogens is 1. The van der Waals surface area contributed by atoms with Gasteiger partial charge in [-0.15, -0.1) is 0 Å². The Hall–Kier alpha value is -1.43. The Labute approximate surface area is 92.2 Å². The number of hydrogen-bond acceptors (Lipinski definition) is 3. The molecule has 0 radical (unpaired) electrons. The topological polar surface area (TPSA) is 77.2 Å². The first-order valence-electron chi connectivity index (χ1n) is 4.77. The minimum absolute atomic E-state index is 0.387. The van der Waals surface area contributed by atoms with Crippen LogP contribution < -0.4 is 5.73 Å². The van der Waals surface area contributed by atoms with Gasteiger partial charge in [0.15, 0.2) is 15.7 Å². The van der Waals surface area contributed by atoms with Crippen molar-refractivity contribution in [3.63, 3.8) is 0 Å². The molecule has 0 atom stereocenters. The molecule has 2 rings (SSSR count). The molecule has 1 saturated carbocycles. The lowest BCUT2D eigenvalue weighted by Gasteiger charge is -2.06. The summed E-state index contributed by atoms with van der Waals surface area (Å²) < 4.78 is 37.3. The van der Waals surface area contributed by atoms with E-state index in [1.54, 1.807) is 0 Å². The van der Waals surface area contributed by atoms with Gasteiger partial charge in [-0.2, -0.15) is 0 Å². The Kier molecular flexibility index (Phi) is 2.46. The number of rotatable bonds is 3. The molecule has 16 heavy (non-hydrogen) atoms. The lowest BCUT2D eigenvalue weighted by molar-refractivity contribution is 0.0996. The molecule has 0 saturated heterocycles. The summed E-state index contributed by atoms with van der Waals surface area (Å²) in [4.78, 5) is 10.4. The van der Waals surface area contributed by atoms with Crippen LogP contribution in [-0.2, 0) is 9.84 Å². The number of primary amides is 1. The fourth-order valence-corrected chi connectivity index (χ4v) is 3.22. The summed E-state index contributed by atoms with van der Waals surface area (Å²) in [7, 11) is -3.64. The largest absolute Gasteiger partial charge is 0.366 e. The zero-order valence-electron chi connectivity index (χ0n) is 8.31. The van der Waals surface area contributed by atoms with Gasteiger partial charge in [0.25, 0.3) is 5.91 Å². The third-order valence-electron chi connectivity index (χ3n) is 2.50. The van der Waals surface area contributed by atoms with Gasteiger partial charge in [0.05, 0.1) is 10.8 Å². The SMILES string of the molecule is NC(=O)c1cccc(S(=O)(=O)C2CC2)c1F. The maximum atomic E-state index is 13.7. The van der Waals surface area contributed by atoms with E-state index in [-0.39, 0.29) is 5.56 Å². The van der Waals surface area contributed by atoms with Gasteiger partial charge in [-0.1, -0.05) is 6.07 Å². The number of carbonyl (C=O) groups excluding carboxylic acids is 1. The van der Waals surface area contributed by atoms with Gasteiger partial charge in [-0.05, 0) is 25.0 Å². The molecular formula is C10H10FNO3S. The first-order chi connectivity index (χ1) is 7.44. The third kappa shape index (κ3) is 1.69. The van der Waals surface area contributed by atoms with Crippen LogP contribution in [-0.4, -0.2) is 19.6 Å². The fourth-order valence-electron chi connectivity index (χ4n) is 1.48. The van der Waals surface area contributed by atoms with Gasteiger partial charge in [0.1, 0.15) is 4.90 Å². The third-order valence-corrected chi connectivity index (χ3v) is 4.78. The molecule has 0 aromatic heterocycles. The van der Waals surface area contributed by atoms with Crippen molar-refractivity contribution < 1.29 is 17.6 Å². The second-order valence-electron chi connectivity index (χ2n) is 3.73. The van der Waals surface area contributed by atoms with Crippen LogP contribution in [0, 0.1) is 5.82 Å². The molecular weight excluding hydrogens is 233 g/mol. The van der Waals surface area contributed by atoms with E-state index in [2.05, 4.69) is 0 Å². The fraction of sp³-hybridized carbons (Fsp3) is 0.300. The molecule has 4 nitrogen and oxygen atoms in total. The molecule has 1 aliphatic carbocycles. The lowest BCUT2D eigenvalue weighted by Crippen LogP contribution is -2.17. The molecule has 0 heterocycles. The molecule has 0 bridgehead atoms. The lowest BCUT2D eigenvalue weighted by atomic mass is 10.2. The summed E-state index contributed by atoms with van der Waals surface area (Å²) in [6.07, 6.45) is 1.09. The minimum atomic E-state index is -3.64. The average Bonchev–Trinajstić information content (AvgIpc) is 3.00. The predicted molar refractivity (Wildman–Crippen MR) is 55.1 cm³/mol. The number of carbonyl (C=O) groups is 1. The highest BCUT2D eigenvalue weighted by molar-refractivity contribution is 7.92. The zero-order chi connectivity index (χ0) is 11.9. The molecule has 1 amide bonds. The van der Waals surface area contributed by atoms with Crippen LogP contribution in [0.3, 0.4) is 0 Å². The smallest absolute Gasteiger partial charge is 0.251 e. The summed E-state index contributed by atoms with van der Waals surface area (Å²) in [6.45, 7) is 0. The summed E-state index contributed by atoms with van der Waals surface area (Å²) in [5.41, 5.74) is 4.56. The maximum absolute atomic E-state index is 13.7. The molecule has 6 heteroatoms. The number of nitrogens with two attached hydrogens (primary N) is 1. The summed E-state index contributed by atoms with van der Waals surface area (Å²) in [5.74, 6) is -2.01. The number of benzene rings is 1. The van der Waals surface area contributed by atoms with Gasteiger partial charge in [0, 0.05) is 0 Å². The highest BCUT2D eigenvalue weighted by Crippen LogP contribution is 2.34. The summed E-state index contributed by atoms with van der Waals surface area (Å²) >= 11 is 0. The van der Waals surface area contributed by atoms with E-state index < -0.39 is 31.7 Å². The van der Waals surface area contributed by atoms with E-state index in [1.165, 1.54) is 12.1 Å².